The molecular weight excluding hydrogens is 186 g/mol. The van der Waals surface area contributed by atoms with E-state index < -0.39 is 24.3 Å². The fourth-order valence-corrected chi connectivity index (χ4v) is 1.65. The van der Waals surface area contributed by atoms with Crippen LogP contribution in [0.1, 0.15) is 25.7 Å². The second-order valence-corrected chi connectivity index (χ2v) is 3.61. The van der Waals surface area contributed by atoms with Crippen LogP contribution in [0.2, 0.25) is 0 Å². The van der Waals surface area contributed by atoms with Gasteiger partial charge in [0.1, 0.15) is 0 Å². The Labute approximate surface area is 74.3 Å². The van der Waals surface area contributed by atoms with Gasteiger partial charge in [-0.3, -0.25) is 0 Å². The van der Waals surface area contributed by atoms with Crippen molar-refractivity contribution in [1.82, 2.24) is 0 Å². The molecule has 0 aromatic heterocycles. The minimum atomic E-state index is -2.67. The maximum Gasteiger partial charge on any atom is 0.253 e. The minimum absolute atomic E-state index is 0.110. The van der Waals surface area contributed by atoms with Gasteiger partial charge in [-0.2, -0.15) is 0 Å². The number of rotatable bonds is 2. The van der Waals surface area contributed by atoms with E-state index in [4.69, 9.17) is 5.73 Å². The summed E-state index contributed by atoms with van der Waals surface area (Å²) >= 11 is 0. The summed E-state index contributed by atoms with van der Waals surface area (Å²) in [5.74, 6) is -3.11. The molecule has 0 aliphatic heterocycles. The van der Waals surface area contributed by atoms with Gasteiger partial charge < -0.3 is 5.73 Å². The summed E-state index contributed by atoms with van der Waals surface area (Å²) in [6.07, 6.45) is -3.00. The fraction of sp³-hybridized carbons (Fsp3) is 1.00. The SMILES string of the molecule is N[C@H](C(F)F)C1CCC(F)(F)CC1. The van der Waals surface area contributed by atoms with E-state index in [1.54, 1.807) is 0 Å². The summed E-state index contributed by atoms with van der Waals surface area (Å²) in [7, 11) is 0. The van der Waals surface area contributed by atoms with Gasteiger partial charge in [-0.05, 0) is 18.8 Å². The number of alkyl halides is 4. The molecule has 0 unspecified atom stereocenters. The minimum Gasteiger partial charge on any atom is -0.323 e. The van der Waals surface area contributed by atoms with Crippen LogP contribution in [0.3, 0.4) is 0 Å². The van der Waals surface area contributed by atoms with Crippen LogP contribution in [0.5, 0.6) is 0 Å². The molecule has 0 saturated heterocycles. The molecule has 1 saturated carbocycles. The lowest BCUT2D eigenvalue weighted by Gasteiger charge is -2.31. The van der Waals surface area contributed by atoms with Crippen molar-refractivity contribution >= 4 is 0 Å². The van der Waals surface area contributed by atoms with Gasteiger partial charge in [0.2, 0.25) is 5.92 Å². The third-order valence-electron chi connectivity index (χ3n) is 2.60. The molecule has 1 atom stereocenters. The first-order valence-corrected chi connectivity index (χ1v) is 4.34. The molecule has 13 heavy (non-hydrogen) atoms. The van der Waals surface area contributed by atoms with Gasteiger partial charge in [-0.1, -0.05) is 0 Å². The molecule has 0 amide bonds. The lowest BCUT2D eigenvalue weighted by molar-refractivity contribution is -0.0558. The first kappa shape index (κ1) is 10.8. The van der Waals surface area contributed by atoms with Crippen LogP contribution < -0.4 is 5.73 Å². The van der Waals surface area contributed by atoms with Crippen LogP contribution in [-0.4, -0.2) is 18.4 Å². The molecule has 5 heteroatoms. The summed E-state index contributed by atoms with van der Waals surface area (Å²) < 4.78 is 49.4. The molecule has 78 valence electrons. The fourth-order valence-electron chi connectivity index (χ4n) is 1.65. The van der Waals surface area contributed by atoms with Crippen molar-refractivity contribution < 1.29 is 17.6 Å². The molecule has 0 bridgehead atoms. The van der Waals surface area contributed by atoms with Gasteiger partial charge in [0.15, 0.2) is 0 Å². The van der Waals surface area contributed by atoms with Crippen LogP contribution in [0.4, 0.5) is 17.6 Å². The summed E-state index contributed by atoms with van der Waals surface area (Å²) in [6, 6.07) is -1.24. The Hall–Kier alpha value is -0.320. The third kappa shape index (κ3) is 2.83. The van der Waals surface area contributed by atoms with E-state index in [1.807, 2.05) is 0 Å². The quantitative estimate of drug-likeness (QED) is 0.679. The van der Waals surface area contributed by atoms with Crippen molar-refractivity contribution in [3.63, 3.8) is 0 Å². The molecular formula is C8H13F4N. The highest BCUT2D eigenvalue weighted by Gasteiger charge is 2.38. The monoisotopic (exact) mass is 199 g/mol. The Bertz CT molecular complexity index is 162. The molecule has 0 spiro atoms. The highest BCUT2D eigenvalue weighted by molar-refractivity contribution is 4.84. The zero-order valence-corrected chi connectivity index (χ0v) is 7.15. The van der Waals surface area contributed by atoms with Crippen LogP contribution >= 0.6 is 0 Å². The Kier molecular flexibility index (Phi) is 3.16. The van der Waals surface area contributed by atoms with Crippen molar-refractivity contribution in [2.24, 2.45) is 11.7 Å². The highest BCUT2D eigenvalue weighted by atomic mass is 19.3. The highest BCUT2D eigenvalue weighted by Crippen LogP contribution is 2.37. The van der Waals surface area contributed by atoms with Crippen LogP contribution in [-0.2, 0) is 0 Å². The zero-order chi connectivity index (χ0) is 10.1. The first-order valence-electron chi connectivity index (χ1n) is 4.34. The van der Waals surface area contributed by atoms with Crippen LogP contribution in [0.25, 0.3) is 0 Å². The summed E-state index contributed by atoms with van der Waals surface area (Å²) in [6.45, 7) is 0. The molecule has 0 aromatic rings. The summed E-state index contributed by atoms with van der Waals surface area (Å²) in [5.41, 5.74) is 5.18. The van der Waals surface area contributed by atoms with E-state index in [9.17, 15) is 17.6 Å². The van der Waals surface area contributed by atoms with Gasteiger partial charge in [0.05, 0.1) is 6.04 Å². The Balaban J connectivity index is 2.41. The average Bonchev–Trinajstić information content (AvgIpc) is 2.03. The number of nitrogens with two attached hydrogens (primary N) is 1. The molecule has 0 heterocycles. The smallest absolute Gasteiger partial charge is 0.253 e. The maximum atomic E-state index is 12.6. The molecule has 2 N–H and O–H groups in total. The predicted molar refractivity (Wildman–Crippen MR) is 40.9 cm³/mol. The molecule has 1 aliphatic rings. The Morgan fingerprint density at radius 2 is 1.62 bits per heavy atom. The van der Waals surface area contributed by atoms with Gasteiger partial charge >= 0.3 is 0 Å². The second kappa shape index (κ2) is 3.82. The lowest BCUT2D eigenvalue weighted by Crippen LogP contribution is -2.40. The summed E-state index contributed by atoms with van der Waals surface area (Å²) in [5, 5.41) is 0. The first-order chi connectivity index (χ1) is 5.92. The molecule has 1 nitrogen and oxygen atoms in total. The van der Waals surface area contributed by atoms with Crippen molar-refractivity contribution in [2.75, 3.05) is 0 Å². The maximum absolute atomic E-state index is 12.6. The number of halogens is 4. The van der Waals surface area contributed by atoms with Gasteiger partial charge in [0, 0.05) is 12.8 Å². The second-order valence-electron chi connectivity index (χ2n) is 3.61. The Morgan fingerprint density at radius 1 is 1.15 bits per heavy atom. The van der Waals surface area contributed by atoms with Crippen LogP contribution in [0, 0.1) is 5.92 Å². The van der Waals surface area contributed by atoms with Crippen molar-refractivity contribution in [1.29, 1.82) is 0 Å². The van der Waals surface area contributed by atoms with E-state index in [1.165, 1.54) is 0 Å². The van der Waals surface area contributed by atoms with Crippen molar-refractivity contribution in [3.05, 3.63) is 0 Å². The van der Waals surface area contributed by atoms with E-state index in [-0.39, 0.29) is 25.7 Å². The van der Waals surface area contributed by atoms with Gasteiger partial charge in [-0.25, -0.2) is 17.6 Å². The van der Waals surface area contributed by atoms with E-state index in [0.29, 0.717) is 0 Å². The van der Waals surface area contributed by atoms with E-state index >= 15 is 0 Å². The lowest BCUT2D eigenvalue weighted by atomic mass is 9.82. The van der Waals surface area contributed by atoms with Crippen molar-refractivity contribution in [3.8, 4) is 0 Å². The largest absolute Gasteiger partial charge is 0.323 e. The average molecular weight is 199 g/mol. The van der Waals surface area contributed by atoms with E-state index in [2.05, 4.69) is 0 Å². The standard InChI is InChI=1S/C8H13F4N/c9-7(10)6(13)5-1-3-8(11,12)4-2-5/h5-7H,1-4,13H2/t6-/m0/s1. The van der Waals surface area contributed by atoms with Gasteiger partial charge in [-0.15, -0.1) is 0 Å². The molecule has 0 radical (unpaired) electrons. The topological polar surface area (TPSA) is 26.0 Å². The zero-order valence-electron chi connectivity index (χ0n) is 7.15. The predicted octanol–water partition coefficient (Wildman–Crippen LogP) is 2.40. The molecule has 0 aromatic carbocycles. The van der Waals surface area contributed by atoms with Crippen LogP contribution in [0.15, 0.2) is 0 Å². The Morgan fingerprint density at radius 3 is 2.00 bits per heavy atom. The van der Waals surface area contributed by atoms with E-state index in [0.717, 1.165) is 0 Å². The third-order valence-corrected chi connectivity index (χ3v) is 2.60. The number of hydrogen-bond acceptors (Lipinski definition) is 1. The summed E-state index contributed by atoms with van der Waals surface area (Å²) in [4.78, 5) is 0. The van der Waals surface area contributed by atoms with Gasteiger partial charge in [0.25, 0.3) is 6.43 Å². The van der Waals surface area contributed by atoms with Crippen molar-refractivity contribution in [2.45, 2.75) is 44.1 Å². The molecule has 1 rings (SSSR count). The molecule has 1 fully saturated rings. The normalized spacial score (nSPS) is 26.3. The molecule has 1 aliphatic carbocycles. The number of hydrogen-bond donors (Lipinski definition) is 1.